The summed E-state index contributed by atoms with van der Waals surface area (Å²) in [5, 5.41) is 13.4. The van der Waals surface area contributed by atoms with Crippen molar-refractivity contribution in [2.24, 2.45) is 0 Å². The Morgan fingerprint density at radius 1 is 1.44 bits per heavy atom. The highest BCUT2D eigenvalue weighted by Gasteiger charge is 2.13. The molecular weight excluding hydrogens is 250 g/mol. The molecule has 0 atom stereocenters. The van der Waals surface area contributed by atoms with Gasteiger partial charge >= 0.3 is 0 Å². The monoisotopic (exact) mass is 263 g/mol. The molecule has 2 rings (SSSR count). The minimum Gasteiger partial charge on any atom is -0.286 e. The van der Waals surface area contributed by atoms with Crippen molar-refractivity contribution in [3.8, 4) is 6.07 Å². The number of hydrogen-bond acceptors (Lipinski definition) is 5. The zero-order chi connectivity index (χ0) is 13.1. The topological polar surface area (TPSA) is 76.5 Å². The van der Waals surface area contributed by atoms with E-state index in [4.69, 9.17) is 5.26 Å². The lowest BCUT2D eigenvalue weighted by molar-refractivity contribution is 0.631. The van der Waals surface area contributed by atoms with Gasteiger partial charge in [0.2, 0.25) is 0 Å². The van der Waals surface area contributed by atoms with E-state index in [0.29, 0.717) is 29.3 Å². The number of rotatable bonds is 4. The van der Waals surface area contributed by atoms with Gasteiger partial charge in [0.1, 0.15) is 5.52 Å². The van der Waals surface area contributed by atoms with Crippen LogP contribution < -0.4 is 5.56 Å². The van der Waals surface area contributed by atoms with Gasteiger partial charge in [-0.1, -0.05) is 11.8 Å². The summed E-state index contributed by atoms with van der Waals surface area (Å²) >= 11 is 1.27. The molecule has 6 nitrogen and oxygen atoms in total. The molecule has 0 saturated heterocycles. The molecule has 0 N–H and O–H groups in total. The number of hydrogen-bond donors (Lipinski definition) is 0. The van der Waals surface area contributed by atoms with E-state index in [1.165, 1.54) is 11.8 Å². The Morgan fingerprint density at radius 3 is 2.83 bits per heavy atom. The van der Waals surface area contributed by atoms with Crippen LogP contribution >= 0.6 is 11.8 Å². The molecule has 0 unspecified atom stereocenters. The Bertz CT molecular complexity index is 666. The van der Waals surface area contributed by atoms with Gasteiger partial charge in [-0.25, -0.2) is 4.98 Å². The Balaban J connectivity index is 2.64. The van der Waals surface area contributed by atoms with Crippen LogP contribution in [0.2, 0.25) is 0 Å². The lowest BCUT2D eigenvalue weighted by Crippen LogP contribution is -2.22. The SMILES string of the molecule is CCn1cc2nc(SCC#N)n(CC)c(=O)c2n1. The largest absolute Gasteiger partial charge is 0.286 e. The molecule has 0 aliphatic heterocycles. The van der Waals surface area contributed by atoms with Crippen LogP contribution in [0.5, 0.6) is 0 Å². The Labute approximate surface area is 108 Å². The highest BCUT2D eigenvalue weighted by molar-refractivity contribution is 7.99. The molecule has 0 fully saturated rings. The quantitative estimate of drug-likeness (QED) is 0.613. The molecule has 94 valence electrons. The van der Waals surface area contributed by atoms with Crippen molar-refractivity contribution >= 4 is 22.8 Å². The molecule has 7 heteroatoms. The van der Waals surface area contributed by atoms with E-state index in [2.05, 4.69) is 10.1 Å². The summed E-state index contributed by atoms with van der Waals surface area (Å²) in [5.41, 5.74) is 0.835. The van der Waals surface area contributed by atoms with Gasteiger partial charge in [-0.2, -0.15) is 10.4 Å². The van der Waals surface area contributed by atoms with Gasteiger partial charge < -0.3 is 0 Å². The van der Waals surface area contributed by atoms with Crippen LogP contribution in [0.1, 0.15) is 13.8 Å². The molecule has 2 heterocycles. The van der Waals surface area contributed by atoms with Crippen molar-refractivity contribution in [2.45, 2.75) is 32.1 Å². The van der Waals surface area contributed by atoms with Gasteiger partial charge in [-0.3, -0.25) is 14.0 Å². The summed E-state index contributed by atoms with van der Waals surface area (Å²) in [5.74, 6) is 0.278. The number of thioether (sulfide) groups is 1. The normalized spacial score (nSPS) is 10.7. The van der Waals surface area contributed by atoms with Crippen LogP contribution in [0.25, 0.3) is 11.0 Å². The van der Waals surface area contributed by atoms with Crippen molar-refractivity contribution in [2.75, 3.05) is 5.75 Å². The molecule has 0 aliphatic carbocycles. The second-order valence-electron chi connectivity index (χ2n) is 3.61. The summed E-state index contributed by atoms with van der Waals surface area (Å²) in [7, 11) is 0. The Hall–Kier alpha value is -1.81. The van der Waals surface area contributed by atoms with Gasteiger partial charge in [-0.05, 0) is 13.8 Å². The highest BCUT2D eigenvalue weighted by Crippen LogP contribution is 2.16. The summed E-state index contributed by atoms with van der Waals surface area (Å²) in [4.78, 5) is 16.6. The standard InChI is InChI=1S/C11H13N5OS/c1-3-15-7-8-9(14-15)10(17)16(4-2)11(13-8)18-6-5-12/h7H,3-4,6H2,1-2H3. The van der Waals surface area contributed by atoms with E-state index >= 15 is 0 Å². The zero-order valence-corrected chi connectivity index (χ0v) is 11.1. The minimum absolute atomic E-state index is 0.143. The number of nitriles is 1. The van der Waals surface area contributed by atoms with Crippen molar-refractivity contribution < 1.29 is 0 Å². The van der Waals surface area contributed by atoms with E-state index in [0.717, 1.165) is 0 Å². The van der Waals surface area contributed by atoms with Crippen molar-refractivity contribution in [3.63, 3.8) is 0 Å². The van der Waals surface area contributed by atoms with Crippen LogP contribution in [0.15, 0.2) is 16.1 Å². The van der Waals surface area contributed by atoms with Crippen molar-refractivity contribution in [1.82, 2.24) is 19.3 Å². The lowest BCUT2D eigenvalue weighted by atomic mass is 10.4. The van der Waals surface area contributed by atoms with Crippen molar-refractivity contribution in [3.05, 3.63) is 16.6 Å². The van der Waals surface area contributed by atoms with E-state index in [-0.39, 0.29) is 11.3 Å². The molecular formula is C11H13N5OS. The molecule has 2 aromatic rings. The molecule has 18 heavy (non-hydrogen) atoms. The lowest BCUT2D eigenvalue weighted by Gasteiger charge is -2.06. The Kier molecular flexibility index (Phi) is 3.67. The minimum atomic E-state index is -0.143. The molecule has 0 aliphatic rings. The number of aryl methyl sites for hydroxylation is 1. The van der Waals surface area contributed by atoms with E-state index in [1.54, 1.807) is 15.4 Å². The van der Waals surface area contributed by atoms with Crippen LogP contribution in [0.4, 0.5) is 0 Å². The third kappa shape index (κ3) is 2.11. The first-order valence-electron chi connectivity index (χ1n) is 5.69. The smallest absolute Gasteiger partial charge is 0.282 e. The third-order valence-corrected chi connectivity index (χ3v) is 3.39. The highest BCUT2D eigenvalue weighted by atomic mass is 32.2. The molecule has 0 bridgehead atoms. The molecule has 0 spiro atoms. The predicted octanol–water partition coefficient (Wildman–Crippen LogP) is 1.25. The van der Waals surface area contributed by atoms with Gasteiger partial charge in [0.25, 0.3) is 5.56 Å². The van der Waals surface area contributed by atoms with Gasteiger partial charge in [-0.15, -0.1) is 0 Å². The molecule has 0 aromatic carbocycles. The fourth-order valence-electron chi connectivity index (χ4n) is 1.67. The van der Waals surface area contributed by atoms with E-state index in [1.807, 2.05) is 19.9 Å². The summed E-state index contributed by atoms with van der Waals surface area (Å²) < 4.78 is 3.25. The summed E-state index contributed by atoms with van der Waals surface area (Å²) in [6, 6.07) is 2.04. The van der Waals surface area contributed by atoms with Gasteiger partial charge in [0, 0.05) is 13.1 Å². The first kappa shape index (κ1) is 12.6. The molecule has 0 amide bonds. The first-order chi connectivity index (χ1) is 8.71. The third-order valence-electron chi connectivity index (χ3n) is 2.54. The average molecular weight is 263 g/mol. The number of nitrogens with zero attached hydrogens (tertiary/aromatic N) is 5. The van der Waals surface area contributed by atoms with Crippen LogP contribution in [-0.4, -0.2) is 25.1 Å². The maximum Gasteiger partial charge on any atom is 0.282 e. The molecule has 2 aromatic heterocycles. The molecule has 0 radical (unpaired) electrons. The predicted molar refractivity (Wildman–Crippen MR) is 69.5 cm³/mol. The second-order valence-corrected chi connectivity index (χ2v) is 4.55. The fourth-order valence-corrected chi connectivity index (χ4v) is 2.40. The first-order valence-corrected chi connectivity index (χ1v) is 6.67. The molecule has 0 saturated carbocycles. The average Bonchev–Trinajstić information content (AvgIpc) is 2.80. The maximum atomic E-state index is 12.2. The fraction of sp³-hybridized carbons (Fsp3) is 0.455. The van der Waals surface area contributed by atoms with Crippen molar-refractivity contribution in [1.29, 1.82) is 5.26 Å². The van der Waals surface area contributed by atoms with E-state index < -0.39 is 0 Å². The van der Waals surface area contributed by atoms with Crippen LogP contribution in [-0.2, 0) is 13.1 Å². The summed E-state index contributed by atoms with van der Waals surface area (Å²) in [6.07, 6.45) is 1.76. The zero-order valence-electron chi connectivity index (χ0n) is 10.3. The summed E-state index contributed by atoms with van der Waals surface area (Å²) in [6.45, 7) is 5.05. The Morgan fingerprint density at radius 2 is 2.22 bits per heavy atom. The van der Waals surface area contributed by atoms with Crippen LogP contribution in [0.3, 0.4) is 0 Å². The van der Waals surface area contributed by atoms with Gasteiger partial charge in [0.05, 0.1) is 18.0 Å². The second kappa shape index (κ2) is 5.23. The van der Waals surface area contributed by atoms with Gasteiger partial charge in [0.15, 0.2) is 10.7 Å². The number of aromatic nitrogens is 4. The number of fused-ring (bicyclic) bond motifs is 1. The van der Waals surface area contributed by atoms with E-state index in [9.17, 15) is 4.79 Å². The maximum absolute atomic E-state index is 12.2. The van der Waals surface area contributed by atoms with Crippen LogP contribution in [0, 0.1) is 11.3 Å².